The van der Waals surface area contributed by atoms with Gasteiger partial charge in [-0.1, -0.05) is 0 Å². The van der Waals surface area contributed by atoms with Crippen LogP contribution in [0.5, 0.6) is 0 Å². The molecule has 0 aliphatic heterocycles. The summed E-state index contributed by atoms with van der Waals surface area (Å²) < 4.78 is 3.59. The van der Waals surface area contributed by atoms with Crippen molar-refractivity contribution in [3.05, 3.63) is 24.0 Å². The van der Waals surface area contributed by atoms with Gasteiger partial charge in [-0.3, -0.25) is 9.36 Å². The number of hydrogen-bond donors (Lipinski definition) is 1. The lowest BCUT2D eigenvalue weighted by atomic mass is 10.3. The zero-order valence-corrected chi connectivity index (χ0v) is 8.31. The van der Waals surface area contributed by atoms with E-state index in [1.807, 2.05) is 26.2 Å². The molecule has 5 heteroatoms. The summed E-state index contributed by atoms with van der Waals surface area (Å²) in [6.45, 7) is 0.501. The third-order valence-corrected chi connectivity index (χ3v) is 2.27. The summed E-state index contributed by atoms with van der Waals surface area (Å²) in [6.07, 6.45) is 1.76. The minimum Gasteiger partial charge on any atom is -0.325 e. The summed E-state index contributed by atoms with van der Waals surface area (Å²) in [5, 5.41) is 8.45. The fraction of sp³-hybridized carbons (Fsp3) is 0.333. The molecule has 0 aliphatic carbocycles. The molecular formula is C9H13N5. The molecule has 0 radical (unpaired) electrons. The van der Waals surface area contributed by atoms with E-state index in [9.17, 15) is 0 Å². The van der Waals surface area contributed by atoms with Crippen molar-refractivity contribution in [1.29, 1.82) is 0 Å². The molecule has 0 fully saturated rings. The van der Waals surface area contributed by atoms with Crippen LogP contribution in [0, 0.1) is 0 Å². The van der Waals surface area contributed by atoms with E-state index in [-0.39, 0.29) is 0 Å². The van der Waals surface area contributed by atoms with Crippen molar-refractivity contribution >= 4 is 0 Å². The van der Waals surface area contributed by atoms with Crippen LogP contribution in [0.4, 0.5) is 0 Å². The van der Waals surface area contributed by atoms with E-state index in [4.69, 9.17) is 5.73 Å². The molecule has 2 rings (SSSR count). The van der Waals surface area contributed by atoms with Crippen molar-refractivity contribution in [1.82, 2.24) is 19.6 Å². The smallest absolute Gasteiger partial charge is 0.111 e. The second-order valence-corrected chi connectivity index (χ2v) is 3.19. The Morgan fingerprint density at radius 1 is 1.36 bits per heavy atom. The largest absolute Gasteiger partial charge is 0.325 e. The first kappa shape index (κ1) is 8.96. The lowest BCUT2D eigenvalue weighted by molar-refractivity contribution is 0.709. The molecule has 0 aliphatic rings. The molecule has 0 amide bonds. The van der Waals surface area contributed by atoms with E-state index in [0.717, 1.165) is 17.1 Å². The first-order valence-electron chi connectivity index (χ1n) is 4.43. The molecule has 0 spiro atoms. The maximum Gasteiger partial charge on any atom is 0.111 e. The van der Waals surface area contributed by atoms with E-state index < -0.39 is 0 Å². The van der Waals surface area contributed by atoms with Gasteiger partial charge in [0.1, 0.15) is 5.69 Å². The third kappa shape index (κ3) is 1.31. The van der Waals surface area contributed by atoms with Crippen LogP contribution in [0.25, 0.3) is 11.4 Å². The van der Waals surface area contributed by atoms with Gasteiger partial charge in [-0.25, -0.2) is 0 Å². The highest BCUT2D eigenvalue weighted by molar-refractivity contribution is 5.54. The molecule has 14 heavy (non-hydrogen) atoms. The molecule has 74 valence electrons. The minimum absolute atomic E-state index is 0.501. The molecule has 5 nitrogen and oxygen atoms in total. The fourth-order valence-electron chi connectivity index (χ4n) is 1.45. The molecule has 2 N–H and O–H groups in total. The van der Waals surface area contributed by atoms with Crippen molar-refractivity contribution in [3.8, 4) is 11.4 Å². The van der Waals surface area contributed by atoms with Crippen molar-refractivity contribution in [2.24, 2.45) is 19.8 Å². The summed E-state index contributed by atoms with van der Waals surface area (Å²) >= 11 is 0. The Bertz CT molecular complexity index is 440. The Kier molecular flexibility index (Phi) is 2.09. The normalized spacial score (nSPS) is 10.8. The topological polar surface area (TPSA) is 61.7 Å². The van der Waals surface area contributed by atoms with Gasteiger partial charge in [0, 0.05) is 26.8 Å². The summed E-state index contributed by atoms with van der Waals surface area (Å²) in [5.74, 6) is 0. The number of rotatable bonds is 2. The van der Waals surface area contributed by atoms with Crippen LogP contribution in [-0.4, -0.2) is 19.6 Å². The number of hydrogen-bond acceptors (Lipinski definition) is 3. The van der Waals surface area contributed by atoms with Gasteiger partial charge in [0.05, 0.1) is 11.4 Å². The molecule has 0 bridgehead atoms. The molecule has 2 aromatic heterocycles. The Morgan fingerprint density at radius 2 is 2.14 bits per heavy atom. The SMILES string of the molecule is Cn1nc(-c2ccnn2C)cc1CN. The van der Waals surface area contributed by atoms with E-state index in [2.05, 4.69) is 10.2 Å². The first-order valence-corrected chi connectivity index (χ1v) is 4.43. The monoisotopic (exact) mass is 191 g/mol. The van der Waals surface area contributed by atoms with Crippen LogP contribution >= 0.6 is 0 Å². The lowest BCUT2D eigenvalue weighted by Crippen LogP contribution is -2.03. The van der Waals surface area contributed by atoms with Crippen LogP contribution in [-0.2, 0) is 20.6 Å². The Hall–Kier alpha value is -1.62. The number of aromatic nitrogens is 4. The maximum absolute atomic E-state index is 5.57. The molecule has 0 aromatic carbocycles. The molecule has 0 saturated carbocycles. The van der Waals surface area contributed by atoms with Crippen LogP contribution in [0.3, 0.4) is 0 Å². The van der Waals surface area contributed by atoms with Crippen LogP contribution < -0.4 is 5.73 Å². The van der Waals surface area contributed by atoms with Gasteiger partial charge in [0.15, 0.2) is 0 Å². The highest BCUT2D eigenvalue weighted by Gasteiger charge is 2.08. The number of aryl methyl sites for hydroxylation is 2. The predicted octanol–water partition coefficient (Wildman–Crippen LogP) is 0.279. The molecule has 2 aromatic rings. The number of nitrogens with zero attached hydrogens (tertiary/aromatic N) is 4. The molecule has 2 heterocycles. The molecular weight excluding hydrogens is 178 g/mol. The second kappa shape index (κ2) is 3.26. The number of nitrogens with two attached hydrogens (primary N) is 1. The van der Waals surface area contributed by atoms with Crippen LogP contribution in [0.1, 0.15) is 5.69 Å². The molecule has 0 saturated heterocycles. The van der Waals surface area contributed by atoms with E-state index in [0.29, 0.717) is 6.54 Å². The summed E-state index contributed by atoms with van der Waals surface area (Å²) in [7, 11) is 3.79. The summed E-state index contributed by atoms with van der Waals surface area (Å²) in [6, 6.07) is 3.92. The van der Waals surface area contributed by atoms with Gasteiger partial charge in [-0.2, -0.15) is 10.2 Å². The quantitative estimate of drug-likeness (QED) is 0.741. The Labute approximate surface area is 82.1 Å². The van der Waals surface area contributed by atoms with Gasteiger partial charge < -0.3 is 5.73 Å². The molecule has 0 unspecified atom stereocenters. The maximum atomic E-state index is 5.57. The van der Waals surface area contributed by atoms with Crippen molar-refractivity contribution < 1.29 is 0 Å². The van der Waals surface area contributed by atoms with Gasteiger partial charge in [0.25, 0.3) is 0 Å². The molecule has 0 atom stereocenters. The fourth-order valence-corrected chi connectivity index (χ4v) is 1.45. The second-order valence-electron chi connectivity index (χ2n) is 3.19. The van der Waals surface area contributed by atoms with Crippen molar-refractivity contribution in [2.75, 3.05) is 0 Å². The average Bonchev–Trinajstić information content (AvgIpc) is 2.71. The first-order chi connectivity index (χ1) is 6.72. The van der Waals surface area contributed by atoms with E-state index in [1.165, 1.54) is 0 Å². The third-order valence-electron chi connectivity index (χ3n) is 2.27. The van der Waals surface area contributed by atoms with Crippen LogP contribution in [0.15, 0.2) is 18.3 Å². The van der Waals surface area contributed by atoms with Crippen LogP contribution in [0.2, 0.25) is 0 Å². The Balaban J connectivity index is 2.47. The lowest BCUT2D eigenvalue weighted by Gasteiger charge is -1.95. The average molecular weight is 191 g/mol. The van der Waals surface area contributed by atoms with E-state index in [1.54, 1.807) is 15.6 Å². The van der Waals surface area contributed by atoms with Gasteiger partial charge in [-0.15, -0.1) is 0 Å². The Morgan fingerprint density at radius 3 is 2.64 bits per heavy atom. The van der Waals surface area contributed by atoms with Crippen molar-refractivity contribution in [2.45, 2.75) is 6.54 Å². The van der Waals surface area contributed by atoms with Crippen molar-refractivity contribution in [3.63, 3.8) is 0 Å². The zero-order valence-electron chi connectivity index (χ0n) is 8.31. The highest BCUT2D eigenvalue weighted by Crippen LogP contribution is 2.16. The van der Waals surface area contributed by atoms with Gasteiger partial charge in [0.2, 0.25) is 0 Å². The minimum atomic E-state index is 0.501. The summed E-state index contributed by atoms with van der Waals surface area (Å²) in [4.78, 5) is 0. The zero-order chi connectivity index (χ0) is 10.1. The van der Waals surface area contributed by atoms with Gasteiger partial charge in [-0.05, 0) is 12.1 Å². The highest BCUT2D eigenvalue weighted by atomic mass is 15.3. The summed E-state index contributed by atoms with van der Waals surface area (Å²) in [5.41, 5.74) is 8.50. The standard InChI is InChI=1S/C9H13N5/c1-13-7(6-10)5-8(12-13)9-3-4-11-14(9)2/h3-5H,6,10H2,1-2H3. The van der Waals surface area contributed by atoms with E-state index >= 15 is 0 Å². The van der Waals surface area contributed by atoms with Gasteiger partial charge >= 0.3 is 0 Å². The predicted molar refractivity (Wildman–Crippen MR) is 53.3 cm³/mol.